The zero-order valence-corrected chi connectivity index (χ0v) is 17.1. The van der Waals surface area contributed by atoms with Gasteiger partial charge in [-0.1, -0.05) is 55.4 Å². The standard InChI is InChI=1S/C18H38O6/c1-13(11-15(3,4)5)17(9,21-19)23-24-18(10,22-20)14(2)12-16(6,7)8/h13-14,19-20H,11-12H2,1-10H3. The minimum Gasteiger partial charge on any atom is -0.249 e. The molecule has 0 saturated carbocycles. The van der Waals surface area contributed by atoms with Crippen LogP contribution in [0.5, 0.6) is 0 Å². The highest BCUT2D eigenvalue weighted by Gasteiger charge is 2.44. The molecule has 0 aliphatic heterocycles. The quantitative estimate of drug-likeness (QED) is 0.325. The molecule has 0 heterocycles. The van der Waals surface area contributed by atoms with Crippen molar-refractivity contribution in [2.24, 2.45) is 22.7 Å². The second-order valence-electron chi connectivity index (χ2n) is 9.71. The molecule has 0 spiro atoms. The fraction of sp³-hybridized carbons (Fsp3) is 1.00. The van der Waals surface area contributed by atoms with Crippen molar-refractivity contribution >= 4 is 0 Å². The first kappa shape index (κ1) is 23.8. The fourth-order valence-corrected chi connectivity index (χ4v) is 2.75. The van der Waals surface area contributed by atoms with Gasteiger partial charge in [0.1, 0.15) is 0 Å². The van der Waals surface area contributed by atoms with Gasteiger partial charge in [-0.3, -0.25) is 0 Å². The van der Waals surface area contributed by atoms with Gasteiger partial charge in [-0.15, -0.1) is 0 Å². The van der Waals surface area contributed by atoms with E-state index in [1.807, 2.05) is 13.8 Å². The van der Waals surface area contributed by atoms with Crippen LogP contribution in [0.15, 0.2) is 0 Å². The molecule has 6 nitrogen and oxygen atoms in total. The van der Waals surface area contributed by atoms with Crippen molar-refractivity contribution < 1.29 is 30.1 Å². The monoisotopic (exact) mass is 350 g/mol. The second-order valence-corrected chi connectivity index (χ2v) is 9.71. The zero-order chi connectivity index (χ0) is 19.4. The molecule has 146 valence electrons. The zero-order valence-electron chi connectivity index (χ0n) is 17.1. The van der Waals surface area contributed by atoms with Gasteiger partial charge in [-0.25, -0.2) is 20.3 Å². The van der Waals surface area contributed by atoms with Gasteiger partial charge in [-0.05, 0) is 37.5 Å². The Morgan fingerprint density at radius 1 is 0.625 bits per heavy atom. The van der Waals surface area contributed by atoms with Gasteiger partial charge in [0.25, 0.3) is 0 Å². The third-order valence-electron chi connectivity index (χ3n) is 4.36. The lowest BCUT2D eigenvalue weighted by molar-refractivity contribution is -0.579. The van der Waals surface area contributed by atoms with Crippen LogP contribution in [-0.2, 0) is 19.6 Å². The summed E-state index contributed by atoms with van der Waals surface area (Å²) in [4.78, 5) is 20.0. The van der Waals surface area contributed by atoms with E-state index < -0.39 is 11.6 Å². The van der Waals surface area contributed by atoms with Crippen LogP contribution in [0.25, 0.3) is 0 Å². The van der Waals surface area contributed by atoms with Crippen LogP contribution < -0.4 is 0 Å². The van der Waals surface area contributed by atoms with Crippen molar-refractivity contribution in [3.05, 3.63) is 0 Å². The molecule has 0 radical (unpaired) electrons. The maximum Gasteiger partial charge on any atom is 0.233 e. The lowest BCUT2D eigenvalue weighted by Crippen LogP contribution is -2.47. The van der Waals surface area contributed by atoms with Crippen molar-refractivity contribution in [1.29, 1.82) is 0 Å². The molecule has 0 aromatic heterocycles. The number of hydrogen-bond acceptors (Lipinski definition) is 6. The Morgan fingerprint density at radius 3 is 1.04 bits per heavy atom. The highest BCUT2D eigenvalue weighted by atomic mass is 17.3. The Bertz CT molecular complexity index is 337. The van der Waals surface area contributed by atoms with Gasteiger partial charge in [0.15, 0.2) is 0 Å². The van der Waals surface area contributed by atoms with Crippen LogP contribution in [0, 0.1) is 22.7 Å². The molecular weight excluding hydrogens is 312 g/mol. The summed E-state index contributed by atoms with van der Waals surface area (Å²) in [6.45, 7) is 19.5. The van der Waals surface area contributed by atoms with E-state index in [0.29, 0.717) is 0 Å². The minimum absolute atomic E-state index is 0.0267. The summed E-state index contributed by atoms with van der Waals surface area (Å²) in [5.41, 5.74) is 0.0533. The topological polar surface area (TPSA) is 77.4 Å². The molecule has 0 aromatic carbocycles. The summed E-state index contributed by atoms with van der Waals surface area (Å²) in [6.07, 6.45) is 1.48. The predicted octanol–water partition coefficient (Wildman–Crippen LogP) is 5.49. The summed E-state index contributed by atoms with van der Waals surface area (Å²) < 4.78 is 0. The van der Waals surface area contributed by atoms with E-state index in [9.17, 15) is 10.5 Å². The maximum atomic E-state index is 9.34. The van der Waals surface area contributed by atoms with Gasteiger partial charge in [-0.2, -0.15) is 9.78 Å². The fourth-order valence-electron chi connectivity index (χ4n) is 2.75. The van der Waals surface area contributed by atoms with E-state index in [-0.39, 0.29) is 22.7 Å². The largest absolute Gasteiger partial charge is 0.249 e. The predicted molar refractivity (Wildman–Crippen MR) is 92.9 cm³/mol. The molecule has 0 amide bonds. The van der Waals surface area contributed by atoms with Crippen molar-refractivity contribution in [2.75, 3.05) is 0 Å². The molecule has 0 aliphatic rings. The Hall–Kier alpha value is -0.240. The van der Waals surface area contributed by atoms with E-state index in [1.54, 1.807) is 13.8 Å². The van der Waals surface area contributed by atoms with Crippen LogP contribution >= 0.6 is 0 Å². The van der Waals surface area contributed by atoms with Gasteiger partial charge < -0.3 is 0 Å². The lowest BCUT2D eigenvalue weighted by atomic mass is 9.82. The third kappa shape index (κ3) is 7.76. The van der Waals surface area contributed by atoms with Gasteiger partial charge in [0.2, 0.25) is 11.6 Å². The van der Waals surface area contributed by atoms with Crippen LogP contribution in [-0.4, -0.2) is 22.1 Å². The summed E-state index contributed by atoms with van der Waals surface area (Å²) in [6, 6.07) is 0. The third-order valence-corrected chi connectivity index (χ3v) is 4.36. The van der Waals surface area contributed by atoms with Crippen molar-refractivity contribution in [1.82, 2.24) is 0 Å². The summed E-state index contributed by atoms with van der Waals surface area (Å²) in [7, 11) is 0. The molecule has 4 atom stereocenters. The molecule has 0 aliphatic carbocycles. The van der Waals surface area contributed by atoms with Crippen LogP contribution in [0.1, 0.15) is 82.1 Å². The summed E-state index contributed by atoms with van der Waals surface area (Å²) >= 11 is 0. The van der Waals surface area contributed by atoms with Crippen LogP contribution in [0.3, 0.4) is 0 Å². The molecule has 0 bridgehead atoms. The second kappa shape index (κ2) is 8.43. The molecule has 0 rings (SSSR count). The average Bonchev–Trinajstić information content (AvgIpc) is 2.40. The summed E-state index contributed by atoms with van der Waals surface area (Å²) in [5, 5.41) is 18.7. The van der Waals surface area contributed by atoms with Crippen LogP contribution in [0.2, 0.25) is 0 Å². The molecule has 4 unspecified atom stereocenters. The Balaban J connectivity index is 5.05. The maximum absolute atomic E-state index is 9.34. The first-order valence-electron chi connectivity index (χ1n) is 8.60. The first-order valence-corrected chi connectivity index (χ1v) is 8.60. The first-order chi connectivity index (χ1) is 10.6. The lowest BCUT2D eigenvalue weighted by Gasteiger charge is -2.39. The molecule has 24 heavy (non-hydrogen) atoms. The van der Waals surface area contributed by atoms with E-state index in [2.05, 4.69) is 51.3 Å². The number of hydrogen-bond donors (Lipinski definition) is 2. The van der Waals surface area contributed by atoms with Gasteiger partial charge in [0, 0.05) is 11.8 Å². The normalized spacial score (nSPS) is 21.0. The minimum atomic E-state index is -1.38. The highest BCUT2D eigenvalue weighted by Crippen LogP contribution is 2.37. The van der Waals surface area contributed by atoms with Crippen molar-refractivity contribution in [2.45, 2.75) is 93.7 Å². The molecule has 2 N–H and O–H groups in total. The smallest absolute Gasteiger partial charge is 0.233 e. The summed E-state index contributed by atoms with van der Waals surface area (Å²) in [5.74, 6) is -3.09. The van der Waals surface area contributed by atoms with Crippen molar-refractivity contribution in [3.8, 4) is 0 Å². The molecule has 0 fully saturated rings. The van der Waals surface area contributed by atoms with E-state index in [4.69, 9.17) is 9.78 Å². The molecular formula is C18H38O6. The Kier molecular flexibility index (Phi) is 8.34. The van der Waals surface area contributed by atoms with Gasteiger partial charge in [0.05, 0.1) is 0 Å². The average molecular weight is 350 g/mol. The Labute approximate surface area is 147 Å². The highest BCUT2D eigenvalue weighted by molar-refractivity contribution is 4.78. The number of rotatable bonds is 9. The molecule has 6 heteroatoms. The molecule has 0 aromatic rings. The van der Waals surface area contributed by atoms with Crippen molar-refractivity contribution in [3.63, 3.8) is 0 Å². The SMILES string of the molecule is CC(CC(C)(C)C)C(C)(OO)OOC(C)(OO)C(C)CC(C)(C)C. The van der Waals surface area contributed by atoms with E-state index >= 15 is 0 Å². The van der Waals surface area contributed by atoms with E-state index in [1.165, 1.54) is 0 Å². The van der Waals surface area contributed by atoms with E-state index in [0.717, 1.165) is 12.8 Å². The van der Waals surface area contributed by atoms with Crippen LogP contribution in [0.4, 0.5) is 0 Å². The van der Waals surface area contributed by atoms with Gasteiger partial charge >= 0.3 is 0 Å². The Morgan fingerprint density at radius 2 is 0.875 bits per heavy atom. The molecule has 0 saturated heterocycles.